The third-order valence-electron chi connectivity index (χ3n) is 3.57. The van der Waals surface area contributed by atoms with Crippen LogP contribution in [0.4, 0.5) is 5.69 Å². The average molecular weight is 266 g/mol. The van der Waals surface area contributed by atoms with Gasteiger partial charge < -0.3 is 14.6 Å². The van der Waals surface area contributed by atoms with Crippen molar-refractivity contribution in [1.29, 1.82) is 0 Å². The van der Waals surface area contributed by atoms with E-state index in [4.69, 9.17) is 4.74 Å². The first-order chi connectivity index (χ1) is 9.27. The number of nitrogens with zero attached hydrogens (tertiary/aromatic N) is 1. The number of rotatable bonds is 3. The lowest BCUT2D eigenvalue weighted by Gasteiger charge is -2.32. The number of anilines is 1. The van der Waals surface area contributed by atoms with Gasteiger partial charge in [-0.3, -0.25) is 4.79 Å². The lowest BCUT2D eigenvalue weighted by molar-refractivity contribution is 0.0278. The molecule has 0 saturated heterocycles. The van der Waals surface area contributed by atoms with E-state index < -0.39 is 0 Å². The van der Waals surface area contributed by atoms with Crippen LogP contribution >= 0.6 is 0 Å². The molecule has 1 saturated carbocycles. The maximum Gasteiger partial charge on any atom is 0.274 e. The fourth-order valence-corrected chi connectivity index (χ4v) is 2.63. The van der Waals surface area contributed by atoms with Crippen molar-refractivity contribution < 1.29 is 4.74 Å². The van der Waals surface area contributed by atoms with Crippen LogP contribution in [0, 0.1) is 0 Å². The molecular formula is C15H26N2O2. The molecule has 2 unspecified atom stereocenters. The molecule has 0 bridgehead atoms. The number of methoxy groups -OCH3 is 1. The normalized spacial score (nSPS) is 22.3. The second-order valence-electron chi connectivity index (χ2n) is 4.51. The Morgan fingerprint density at radius 3 is 2.63 bits per heavy atom. The summed E-state index contributed by atoms with van der Waals surface area (Å²) in [5.74, 6) is 0. The van der Waals surface area contributed by atoms with E-state index in [0.29, 0.717) is 5.69 Å². The van der Waals surface area contributed by atoms with Crippen LogP contribution in [0.5, 0.6) is 0 Å². The predicted molar refractivity (Wildman–Crippen MR) is 79.9 cm³/mol. The van der Waals surface area contributed by atoms with E-state index in [-0.39, 0.29) is 17.7 Å². The molecule has 4 heteroatoms. The molecule has 19 heavy (non-hydrogen) atoms. The van der Waals surface area contributed by atoms with Crippen molar-refractivity contribution in [3.63, 3.8) is 0 Å². The Morgan fingerprint density at radius 1 is 1.32 bits per heavy atom. The summed E-state index contributed by atoms with van der Waals surface area (Å²) in [5, 5.41) is 2.93. The van der Waals surface area contributed by atoms with Crippen molar-refractivity contribution in [2.24, 2.45) is 0 Å². The Balaban J connectivity index is 0.000000861. The summed E-state index contributed by atoms with van der Waals surface area (Å²) in [4.78, 5) is 12.2. The van der Waals surface area contributed by atoms with Crippen LogP contribution < -0.4 is 10.9 Å². The Morgan fingerprint density at radius 2 is 2.00 bits per heavy atom. The maximum atomic E-state index is 12.2. The van der Waals surface area contributed by atoms with E-state index >= 15 is 0 Å². The van der Waals surface area contributed by atoms with Gasteiger partial charge in [0.25, 0.3) is 5.56 Å². The number of aromatic nitrogens is 1. The minimum Gasteiger partial charge on any atom is -0.384 e. The van der Waals surface area contributed by atoms with Gasteiger partial charge in [0.2, 0.25) is 0 Å². The quantitative estimate of drug-likeness (QED) is 0.914. The smallest absolute Gasteiger partial charge is 0.274 e. The van der Waals surface area contributed by atoms with E-state index in [9.17, 15) is 4.79 Å². The highest BCUT2D eigenvalue weighted by atomic mass is 16.5. The molecule has 0 spiro atoms. The van der Waals surface area contributed by atoms with Gasteiger partial charge in [-0.1, -0.05) is 26.7 Å². The van der Waals surface area contributed by atoms with E-state index in [1.54, 1.807) is 14.2 Å². The molecule has 0 aliphatic heterocycles. The van der Waals surface area contributed by atoms with Gasteiger partial charge in [-0.15, -0.1) is 0 Å². The first kappa shape index (κ1) is 15.8. The molecule has 2 atom stereocenters. The lowest BCUT2D eigenvalue weighted by Crippen LogP contribution is -2.36. The van der Waals surface area contributed by atoms with Gasteiger partial charge in [-0.2, -0.15) is 0 Å². The van der Waals surface area contributed by atoms with Crippen LogP contribution in [0.3, 0.4) is 0 Å². The standard InChI is InChI=1S/C13H20N2O2.C2H6/c1-14-10-6-5-9-15(13(10)16)11-7-3-4-8-12(11)17-2;1-2/h5-6,9,11-12,14H,3-4,7-8H2,1-2H3;1-2H3. The van der Waals surface area contributed by atoms with Crippen molar-refractivity contribution in [1.82, 2.24) is 4.57 Å². The number of nitrogens with one attached hydrogen (secondary N) is 1. The third kappa shape index (κ3) is 3.60. The van der Waals surface area contributed by atoms with E-state index in [2.05, 4.69) is 5.32 Å². The van der Waals surface area contributed by atoms with Crippen LogP contribution in [-0.4, -0.2) is 24.8 Å². The van der Waals surface area contributed by atoms with Crippen LogP contribution in [0.25, 0.3) is 0 Å². The zero-order valence-corrected chi connectivity index (χ0v) is 12.5. The van der Waals surface area contributed by atoms with Gasteiger partial charge in [0.1, 0.15) is 5.69 Å². The maximum absolute atomic E-state index is 12.2. The van der Waals surface area contributed by atoms with Crippen LogP contribution in [0.1, 0.15) is 45.6 Å². The number of pyridine rings is 1. The van der Waals surface area contributed by atoms with Gasteiger partial charge in [-0.25, -0.2) is 0 Å². The molecule has 0 amide bonds. The Labute approximate surface area is 115 Å². The molecule has 4 nitrogen and oxygen atoms in total. The summed E-state index contributed by atoms with van der Waals surface area (Å²) in [6.07, 6.45) is 6.44. The van der Waals surface area contributed by atoms with Crippen molar-refractivity contribution in [2.45, 2.75) is 51.7 Å². The summed E-state index contributed by atoms with van der Waals surface area (Å²) >= 11 is 0. The van der Waals surface area contributed by atoms with Gasteiger partial charge in [0.15, 0.2) is 0 Å². The average Bonchev–Trinajstić information content (AvgIpc) is 2.49. The van der Waals surface area contributed by atoms with Crippen LogP contribution in [-0.2, 0) is 4.74 Å². The second-order valence-corrected chi connectivity index (χ2v) is 4.51. The molecule has 1 aromatic heterocycles. The molecular weight excluding hydrogens is 240 g/mol. The highest BCUT2D eigenvalue weighted by Gasteiger charge is 2.27. The topological polar surface area (TPSA) is 43.3 Å². The highest BCUT2D eigenvalue weighted by Crippen LogP contribution is 2.29. The first-order valence-corrected chi connectivity index (χ1v) is 7.19. The molecule has 1 aliphatic rings. The van der Waals surface area contributed by atoms with Crippen LogP contribution in [0.15, 0.2) is 23.1 Å². The predicted octanol–water partition coefficient (Wildman–Crippen LogP) is 3.05. The molecule has 1 aromatic rings. The summed E-state index contributed by atoms with van der Waals surface area (Å²) in [6.45, 7) is 4.00. The molecule has 1 N–H and O–H groups in total. The van der Waals surface area contributed by atoms with Gasteiger partial charge in [0.05, 0.1) is 12.1 Å². The third-order valence-corrected chi connectivity index (χ3v) is 3.57. The number of hydrogen-bond donors (Lipinski definition) is 1. The molecule has 2 rings (SSSR count). The minimum atomic E-state index is 0.0453. The van der Waals surface area contributed by atoms with Gasteiger partial charge >= 0.3 is 0 Å². The monoisotopic (exact) mass is 266 g/mol. The molecule has 1 heterocycles. The highest BCUT2D eigenvalue weighted by molar-refractivity contribution is 5.39. The van der Waals surface area contributed by atoms with Crippen molar-refractivity contribution in [2.75, 3.05) is 19.5 Å². The van der Waals surface area contributed by atoms with Gasteiger partial charge in [-0.05, 0) is 25.0 Å². The first-order valence-electron chi connectivity index (χ1n) is 7.19. The number of ether oxygens (including phenoxy) is 1. The zero-order valence-electron chi connectivity index (χ0n) is 12.5. The Bertz CT molecular complexity index is 428. The summed E-state index contributed by atoms with van der Waals surface area (Å²) < 4.78 is 7.33. The van der Waals surface area contributed by atoms with E-state index in [0.717, 1.165) is 12.8 Å². The SMILES string of the molecule is CC.CNc1cccn(C2CCCCC2OC)c1=O. The molecule has 0 radical (unpaired) electrons. The van der Waals surface area contributed by atoms with E-state index in [1.165, 1.54) is 12.8 Å². The van der Waals surface area contributed by atoms with Crippen LogP contribution in [0.2, 0.25) is 0 Å². The molecule has 108 valence electrons. The summed E-state index contributed by atoms with van der Waals surface area (Å²) in [7, 11) is 3.51. The van der Waals surface area contributed by atoms with Crippen molar-refractivity contribution in [3.05, 3.63) is 28.7 Å². The zero-order chi connectivity index (χ0) is 14.3. The molecule has 1 aliphatic carbocycles. The lowest BCUT2D eigenvalue weighted by atomic mass is 9.92. The van der Waals surface area contributed by atoms with Crippen molar-refractivity contribution >= 4 is 5.69 Å². The second kappa shape index (κ2) is 8.00. The fraction of sp³-hybridized carbons (Fsp3) is 0.667. The summed E-state index contributed by atoms with van der Waals surface area (Å²) in [6, 6.07) is 3.90. The molecule has 1 fully saturated rings. The Hall–Kier alpha value is -1.29. The largest absolute Gasteiger partial charge is 0.384 e. The fourth-order valence-electron chi connectivity index (χ4n) is 2.63. The van der Waals surface area contributed by atoms with Crippen molar-refractivity contribution in [3.8, 4) is 0 Å². The van der Waals surface area contributed by atoms with E-state index in [1.807, 2.05) is 36.7 Å². The molecule has 0 aromatic carbocycles. The Kier molecular flexibility index (Phi) is 6.64. The summed E-state index contributed by atoms with van der Waals surface area (Å²) in [5.41, 5.74) is 0.692. The minimum absolute atomic E-state index is 0.0453. The number of hydrogen-bond acceptors (Lipinski definition) is 3. The van der Waals surface area contributed by atoms with Gasteiger partial charge in [0, 0.05) is 20.4 Å².